The van der Waals surface area contributed by atoms with Crippen LogP contribution in [0.4, 0.5) is 10.1 Å². The van der Waals surface area contributed by atoms with Crippen molar-refractivity contribution in [2.24, 2.45) is 0 Å². The molecule has 20 heavy (non-hydrogen) atoms. The van der Waals surface area contributed by atoms with Gasteiger partial charge in [0.2, 0.25) is 10.0 Å². The number of sulfonamides is 1. The fourth-order valence-electron chi connectivity index (χ4n) is 2.46. The molecule has 0 spiro atoms. The number of nitrogens with zero attached hydrogens (tertiary/aromatic N) is 1. The summed E-state index contributed by atoms with van der Waals surface area (Å²) in [5.41, 5.74) is 5.70. The predicted molar refractivity (Wildman–Crippen MR) is 76.3 cm³/mol. The van der Waals surface area contributed by atoms with Crippen LogP contribution in [0.5, 0.6) is 0 Å². The zero-order valence-corrected chi connectivity index (χ0v) is 12.3. The molecule has 0 aliphatic carbocycles. The third-order valence-electron chi connectivity index (χ3n) is 3.54. The van der Waals surface area contributed by atoms with Crippen molar-refractivity contribution in [2.75, 3.05) is 25.4 Å². The van der Waals surface area contributed by atoms with Gasteiger partial charge in [-0.3, -0.25) is 0 Å². The molecule has 0 saturated carbocycles. The van der Waals surface area contributed by atoms with E-state index in [1.165, 1.54) is 6.07 Å². The lowest BCUT2D eigenvalue weighted by Crippen LogP contribution is -2.47. The summed E-state index contributed by atoms with van der Waals surface area (Å²) in [4.78, 5) is 2.00. The van der Waals surface area contributed by atoms with Gasteiger partial charge in [0.1, 0.15) is 10.7 Å². The van der Waals surface area contributed by atoms with Crippen LogP contribution in [-0.2, 0) is 10.0 Å². The molecule has 3 N–H and O–H groups in total. The number of halogens is 1. The Balaban J connectivity index is 2.16. The topological polar surface area (TPSA) is 75.4 Å². The second-order valence-electron chi connectivity index (χ2n) is 5.04. The van der Waals surface area contributed by atoms with Crippen molar-refractivity contribution in [3.8, 4) is 0 Å². The molecule has 1 heterocycles. The van der Waals surface area contributed by atoms with Gasteiger partial charge >= 0.3 is 0 Å². The molecule has 7 heteroatoms. The number of rotatable bonds is 4. The van der Waals surface area contributed by atoms with E-state index in [1.54, 1.807) is 0 Å². The quantitative estimate of drug-likeness (QED) is 0.819. The van der Waals surface area contributed by atoms with Gasteiger partial charge in [-0.25, -0.2) is 17.5 Å². The number of benzene rings is 1. The minimum absolute atomic E-state index is 0.0575. The first-order chi connectivity index (χ1) is 9.42. The van der Waals surface area contributed by atoms with Crippen molar-refractivity contribution in [1.82, 2.24) is 9.62 Å². The van der Waals surface area contributed by atoms with Gasteiger partial charge in [0, 0.05) is 12.6 Å². The van der Waals surface area contributed by atoms with Crippen LogP contribution in [0.1, 0.15) is 19.8 Å². The van der Waals surface area contributed by atoms with E-state index in [0.717, 1.165) is 38.1 Å². The minimum Gasteiger partial charge on any atom is -0.398 e. The van der Waals surface area contributed by atoms with Crippen molar-refractivity contribution < 1.29 is 12.8 Å². The number of hydrogen-bond acceptors (Lipinski definition) is 4. The van der Waals surface area contributed by atoms with E-state index >= 15 is 0 Å². The minimum atomic E-state index is -3.79. The summed E-state index contributed by atoms with van der Waals surface area (Å²) in [6.07, 6.45) is 1.73. The molecule has 1 aliphatic heterocycles. The van der Waals surface area contributed by atoms with Crippen molar-refractivity contribution >= 4 is 15.7 Å². The molecule has 1 aromatic carbocycles. The first-order valence-electron chi connectivity index (χ1n) is 6.72. The normalized spacial score (nSPS) is 21.0. The molecule has 0 bridgehead atoms. The largest absolute Gasteiger partial charge is 0.398 e. The first-order valence-corrected chi connectivity index (χ1v) is 8.20. The monoisotopic (exact) mass is 301 g/mol. The molecule has 1 aliphatic rings. The number of anilines is 1. The van der Waals surface area contributed by atoms with Gasteiger partial charge in [-0.1, -0.05) is 6.92 Å². The average Bonchev–Trinajstić information content (AvgIpc) is 2.41. The highest BCUT2D eigenvalue weighted by Crippen LogP contribution is 2.20. The van der Waals surface area contributed by atoms with E-state index in [-0.39, 0.29) is 16.6 Å². The van der Waals surface area contributed by atoms with E-state index in [0.29, 0.717) is 6.54 Å². The van der Waals surface area contributed by atoms with Crippen molar-refractivity contribution in [3.05, 3.63) is 24.0 Å². The number of nitrogen functional groups attached to an aromatic ring is 1. The van der Waals surface area contributed by atoms with E-state index in [1.807, 2.05) is 6.92 Å². The van der Waals surface area contributed by atoms with E-state index in [2.05, 4.69) is 9.62 Å². The third-order valence-corrected chi connectivity index (χ3v) is 5.12. The molecule has 5 nitrogen and oxygen atoms in total. The number of hydrogen-bond donors (Lipinski definition) is 2. The number of nitrogens with one attached hydrogen (secondary N) is 1. The Bertz CT molecular complexity index is 577. The van der Waals surface area contributed by atoms with Crippen molar-refractivity contribution in [1.29, 1.82) is 0 Å². The van der Waals surface area contributed by atoms with E-state index < -0.39 is 15.8 Å². The maximum atomic E-state index is 13.2. The van der Waals surface area contributed by atoms with Crippen LogP contribution in [0.3, 0.4) is 0 Å². The van der Waals surface area contributed by atoms with Crippen LogP contribution in [0.2, 0.25) is 0 Å². The molecular weight excluding hydrogens is 281 g/mol. The van der Waals surface area contributed by atoms with Crippen LogP contribution in [0.25, 0.3) is 0 Å². The lowest BCUT2D eigenvalue weighted by Gasteiger charge is -2.32. The third kappa shape index (κ3) is 3.47. The Morgan fingerprint density at radius 1 is 1.50 bits per heavy atom. The van der Waals surface area contributed by atoms with Crippen LogP contribution in [0.15, 0.2) is 23.1 Å². The molecule has 0 radical (unpaired) electrons. The fourth-order valence-corrected chi connectivity index (χ4v) is 3.87. The highest BCUT2D eigenvalue weighted by Gasteiger charge is 2.26. The Morgan fingerprint density at radius 2 is 2.25 bits per heavy atom. The number of nitrogens with two attached hydrogens (primary N) is 1. The van der Waals surface area contributed by atoms with Crippen molar-refractivity contribution in [2.45, 2.75) is 30.7 Å². The van der Waals surface area contributed by atoms with Gasteiger partial charge in [-0.15, -0.1) is 0 Å². The second kappa shape index (κ2) is 6.07. The second-order valence-corrected chi connectivity index (χ2v) is 6.72. The van der Waals surface area contributed by atoms with Gasteiger partial charge in [0.05, 0.1) is 5.69 Å². The van der Waals surface area contributed by atoms with E-state index in [9.17, 15) is 12.8 Å². The summed E-state index contributed by atoms with van der Waals surface area (Å²) in [6, 6.07) is 3.21. The van der Waals surface area contributed by atoms with Crippen LogP contribution in [-0.4, -0.2) is 39.0 Å². The van der Waals surface area contributed by atoms with Crippen LogP contribution in [0, 0.1) is 5.82 Å². The molecule has 0 aromatic heterocycles. The lowest BCUT2D eigenvalue weighted by atomic mass is 10.1. The van der Waals surface area contributed by atoms with Gasteiger partial charge in [0.25, 0.3) is 0 Å². The molecule has 112 valence electrons. The summed E-state index contributed by atoms with van der Waals surface area (Å²) in [5, 5.41) is 0. The lowest BCUT2D eigenvalue weighted by molar-refractivity contribution is 0.211. The molecule has 1 atom stereocenters. The summed E-state index contributed by atoms with van der Waals surface area (Å²) in [5.74, 6) is -0.613. The van der Waals surface area contributed by atoms with Crippen LogP contribution < -0.4 is 10.5 Å². The zero-order valence-electron chi connectivity index (χ0n) is 11.5. The van der Waals surface area contributed by atoms with Crippen molar-refractivity contribution in [3.63, 3.8) is 0 Å². The van der Waals surface area contributed by atoms with Crippen LogP contribution >= 0.6 is 0 Å². The molecule has 1 fully saturated rings. The Morgan fingerprint density at radius 3 is 2.95 bits per heavy atom. The van der Waals surface area contributed by atoms with Gasteiger partial charge < -0.3 is 10.6 Å². The van der Waals surface area contributed by atoms with Gasteiger partial charge in [-0.05, 0) is 44.1 Å². The van der Waals surface area contributed by atoms with E-state index in [4.69, 9.17) is 5.73 Å². The zero-order chi connectivity index (χ0) is 14.8. The fraction of sp³-hybridized carbons (Fsp3) is 0.538. The smallest absolute Gasteiger partial charge is 0.243 e. The molecule has 1 saturated heterocycles. The molecule has 1 unspecified atom stereocenters. The summed E-state index contributed by atoms with van der Waals surface area (Å²) in [6.45, 7) is 4.59. The standard InChI is InChI=1S/C13H20FN3O2S/c1-2-17-7-3-4-11(9-17)16-20(18,19)13-8-10(14)5-6-12(13)15/h5-6,8,11,16H,2-4,7,9,15H2,1H3. The Labute approximate surface area is 119 Å². The number of likely N-dealkylation sites (N-methyl/N-ethyl adjacent to an activating group) is 1. The average molecular weight is 301 g/mol. The summed E-state index contributed by atoms with van der Waals surface area (Å²) < 4.78 is 40.4. The number of likely N-dealkylation sites (tertiary alicyclic amines) is 1. The maximum Gasteiger partial charge on any atom is 0.243 e. The Kier molecular flexibility index (Phi) is 4.62. The first kappa shape index (κ1) is 15.2. The van der Waals surface area contributed by atoms with Gasteiger partial charge in [-0.2, -0.15) is 0 Å². The van der Waals surface area contributed by atoms with Gasteiger partial charge in [0.15, 0.2) is 0 Å². The summed E-state index contributed by atoms with van der Waals surface area (Å²) >= 11 is 0. The summed E-state index contributed by atoms with van der Waals surface area (Å²) in [7, 11) is -3.79. The highest BCUT2D eigenvalue weighted by molar-refractivity contribution is 7.89. The highest BCUT2D eigenvalue weighted by atomic mass is 32.2. The Hall–Kier alpha value is -1.18. The molecule has 1 aromatic rings. The SMILES string of the molecule is CCN1CCCC(NS(=O)(=O)c2cc(F)ccc2N)C1. The predicted octanol–water partition coefficient (Wildman–Crippen LogP) is 1.17. The molecular formula is C13H20FN3O2S. The molecule has 2 rings (SSSR count). The maximum absolute atomic E-state index is 13.2. The molecule has 0 amide bonds. The number of piperidine rings is 1.